The van der Waals surface area contributed by atoms with E-state index in [1.165, 1.54) is 135 Å². The minimum Gasteiger partial charge on any atom is -0.756 e. The molecule has 2 aliphatic heterocycles. The summed E-state index contributed by atoms with van der Waals surface area (Å²) in [4.78, 5) is 53.2. The molecule has 74 heavy (non-hydrogen) atoms. The van der Waals surface area contributed by atoms with Gasteiger partial charge in [0.15, 0.2) is 11.8 Å². The molecule has 3 heterocycles. The van der Waals surface area contributed by atoms with Crippen LogP contribution in [0.25, 0.3) is 6.08 Å². The molecule has 17 heteroatoms. The van der Waals surface area contributed by atoms with Crippen LogP contribution in [0.1, 0.15) is 246 Å². The van der Waals surface area contributed by atoms with Crippen LogP contribution in [-0.4, -0.2) is 96.5 Å². The van der Waals surface area contributed by atoms with Crippen molar-refractivity contribution in [3.05, 3.63) is 40.9 Å². The van der Waals surface area contributed by atoms with Crippen LogP contribution < -0.4 is 10.2 Å². The summed E-state index contributed by atoms with van der Waals surface area (Å²) >= 11 is 0. The van der Waals surface area contributed by atoms with Crippen LogP contribution in [-0.2, 0) is 37.5 Å². The summed E-state index contributed by atoms with van der Waals surface area (Å²) < 4.78 is 67.2. The van der Waals surface area contributed by atoms with Gasteiger partial charge >= 0.3 is 20.3 Å². The van der Waals surface area contributed by atoms with Crippen molar-refractivity contribution in [3.8, 4) is 0 Å². The Morgan fingerprint density at radius 2 is 1.16 bits per heavy atom. The zero-order chi connectivity index (χ0) is 54.5. The second-order valence-corrected chi connectivity index (χ2v) is 21.8. The van der Waals surface area contributed by atoms with Crippen LogP contribution in [0.5, 0.6) is 0 Å². The number of aromatic nitrogens is 1. The lowest BCUT2D eigenvalue weighted by Crippen LogP contribution is -2.50. The van der Waals surface area contributed by atoms with Crippen molar-refractivity contribution in [2.24, 2.45) is 0 Å². The van der Waals surface area contributed by atoms with Crippen LogP contribution >= 0.6 is 7.82 Å². The molecule has 3 rings (SSSR count). The number of nitrogens with zero attached hydrogens (tertiary/aromatic N) is 3. The van der Waals surface area contributed by atoms with Crippen LogP contribution in [0.2, 0.25) is 0 Å². The van der Waals surface area contributed by atoms with Gasteiger partial charge < -0.3 is 51.2 Å². The van der Waals surface area contributed by atoms with Gasteiger partial charge in [-0.3, -0.25) is 18.9 Å². The Kier molecular flexibility index (Phi) is 36.3. The second kappa shape index (κ2) is 40.1. The van der Waals surface area contributed by atoms with Crippen molar-refractivity contribution in [2.75, 3.05) is 46.0 Å². The molecule has 1 N–H and O–H groups in total. The van der Waals surface area contributed by atoms with Crippen molar-refractivity contribution in [2.45, 2.75) is 247 Å². The molecule has 0 spiro atoms. The van der Waals surface area contributed by atoms with E-state index in [9.17, 15) is 23.8 Å². The fraction of sp³-hybridized carbons (Fsp3) is 0.789. The zero-order valence-corrected chi connectivity index (χ0v) is 48.2. The highest BCUT2D eigenvalue weighted by Crippen LogP contribution is 2.38. The normalized spacial score (nSPS) is 14.8. The summed E-state index contributed by atoms with van der Waals surface area (Å²) in [6.07, 6.45) is 34.6. The highest BCUT2D eigenvalue weighted by atomic mass is 31.2. The van der Waals surface area contributed by atoms with Crippen molar-refractivity contribution < 1.29 is 56.9 Å². The molecule has 2 aliphatic rings. The lowest BCUT2D eigenvalue weighted by Gasteiger charge is -2.30. The number of carbonyl (C=O) groups excluding carboxylic acids is 3. The van der Waals surface area contributed by atoms with Gasteiger partial charge in [-0.2, -0.15) is 0 Å². The fourth-order valence-electron chi connectivity index (χ4n) is 9.65. The smallest absolute Gasteiger partial charge is 0.756 e. The average Bonchev–Trinajstić information content (AvgIpc) is 3.93. The summed E-state index contributed by atoms with van der Waals surface area (Å²) in [6, 6.07) is 1.73. The van der Waals surface area contributed by atoms with Crippen molar-refractivity contribution in [1.82, 2.24) is 14.7 Å². The SMILES string of the molecule is CCCCCCCCCCCCCCCC(=O)OCC(COP(=O)([O-])OCCNC(=O)CCC1=[N+]2C(=Cc3c(C)cc(C)n3[B-]2(F)F)C=C1)OC(=O)CCCCCCCCCCCCCCC.CCN(CC)CC.[H+]. The Bertz CT molecular complexity index is 1870. The number of ether oxygens (including phenoxy) is 2. The Balaban J connectivity index is 0.00000327. The van der Waals surface area contributed by atoms with Crippen molar-refractivity contribution in [1.29, 1.82) is 0 Å². The number of hydrogen-bond acceptors (Lipinski definition) is 10. The van der Waals surface area contributed by atoms with Crippen LogP contribution in [0.4, 0.5) is 8.63 Å². The summed E-state index contributed by atoms with van der Waals surface area (Å²) in [5.41, 5.74) is 2.35. The van der Waals surface area contributed by atoms with E-state index >= 15 is 8.63 Å². The van der Waals surface area contributed by atoms with Gasteiger partial charge in [-0.15, -0.1) is 0 Å². The van der Waals surface area contributed by atoms with Gasteiger partial charge in [-0.25, -0.2) is 0 Å². The molecule has 426 valence electrons. The first-order valence-electron chi connectivity index (χ1n) is 29.3. The van der Waals surface area contributed by atoms with Gasteiger partial charge in [0.1, 0.15) is 12.3 Å². The number of esters is 2. The van der Waals surface area contributed by atoms with E-state index in [2.05, 4.69) is 44.8 Å². The maximum absolute atomic E-state index is 15.7. The van der Waals surface area contributed by atoms with Crippen molar-refractivity contribution >= 4 is 44.4 Å². The number of rotatable bonds is 44. The van der Waals surface area contributed by atoms with Crippen LogP contribution in [0, 0.1) is 13.8 Å². The number of amides is 1. The van der Waals surface area contributed by atoms with E-state index in [0.717, 1.165) is 53.1 Å². The first-order valence-corrected chi connectivity index (χ1v) is 30.8. The Morgan fingerprint density at radius 3 is 1.64 bits per heavy atom. The molecule has 13 nitrogen and oxygen atoms in total. The quantitative estimate of drug-likeness (QED) is 0.0289. The Morgan fingerprint density at radius 1 is 0.689 bits per heavy atom. The molecule has 0 radical (unpaired) electrons. The second-order valence-electron chi connectivity index (χ2n) is 20.4. The maximum atomic E-state index is 15.7. The fourth-order valence-corrected chi connectivity index (χ4v) is 10.4. The van der Waals surface area contributed by atoms with Gasteiger partial charge in [-0.05, 0) is 63.6 Å². The molecule has 0 bridgehead atoms. The summed E-state index contributed by atoms with van der Waals surface area (Å²) in [5.74, 6) is -1.46. The number of phosphoric acid groups is 1. The van der Waals surface area contributed by atoms with E-state index in [4.69, 9.17) is 18.5 Å². The number of carbonyl (C=O) groups is 3. The highest BCUT2D eigenvalue weighted by Gasteiger charge is 2.52. The third-order valence-electron chi connectivity index (χ3n) is 14.1. The van der Waals surface area contributed by atoms with Crippen LogP contribution in [0.3, 0.4) is 0 Å². The van der Waals surface area contributed by atoms with Crippen molar-refractivity contribution in [3.63, 3.8) is 0 Å². The summed E-state index contributed by atoms with van der Waals surface area (Å²) in [7, 11) is -4.93. The largest absolute Gasteiger partial charge is 1.00 e. The number of nitrogens with one attached hydrogen (secondary N) is 1. The summed E-state index contributed by atoms with van der Waals surface area (Å²) in [6.45, 7) is 12.3. The van der Waals surface area contributed by atoms with E-state index in [-0.39, 0.29) is 40.3 Å². The lowest BCUT2D eigenvalue weighted by molar-refractivity contribution is -0.362. The number of unbranched alkanes of at least 4 members (excludes halogenated alkanes) is 24. The molecule has 0 fully saturated rings. The van der Waals surface area contributed by atoms with E-state index in [1.807, 2.05) is 0 Å². The highest BCUT2D eigenvalue weighted by molar-refractivity contribution is 7.45. The van der Waals surface area contributed by atoms with E-state index in [1.54, 1.807) is 38.1 Å². The first-order chi connectivity index (χ1) is 35.6. The molecule has 1 aromatic heterocycles. The number of aryl methyl sites for hydroxylation is 2. The Hall–Kier alpha value is -3.17. The van der Waals surface area contributed by atoms with Gasteiger partial charge in [0.2, 0.25) is 5.91 Å². The third kappa shape index (κ3) is 28.3. The number of phosphoric ester groups is 1. The van der Waals surface area contributed by atoms with Gasteiger partial charge in [0.25, 0.3) is 7.82 Å². The molecule has 0 aromatic carbocycles. The molecule has 0 aliphatic carbocycles. The Labute approximate surface area is 448 Å². The van der Waals surface area contributed by atoms with Gasteiger partial charge in [0, 0.05) is 56.2 Å². The van der Waals surface area contributed by atoms with Crippen LogP contribution in [0.15, 0.2) is 23.9 Å². The zero-order valence-electron chi connectivity index (χ0n) is 48.3. The monoisotopic (exact) mass is 1070 g/mol. The first kappa shape index (κ1) is 66.9. The third-order valence-corrected chi connectivity index (χ3v) is 15.1. The molecular weight excluding hydrogens is 964 g/mol. The number of hydrogen-bond donors (Lipinski definition) is 1. The van der Waals surface area contributed by atoms with Gasteiger partial charge in [0.05, 0.1) is 13.2 Å². The standard InChI is InChI=1S/C51H87BF2N3O9P.C6H15N/c1-5-7-9-11-13-15-17-19-21-23-25-27-29-31-50(59)63-41-47(66-51(60)32-30-28-26-24-22-20-18-16-14-12-10-8-6-2)42-65-67(61,62)64-38-37-55-49(58)36-35-45-33-34-46-40-48-43(3)39-44(4)56(48)52(53,54)57(45)46;1-4-7(5-2)6-3/h33-34,39-40,47H,5-32,35-38,41-42H2,1-4H3,(H,55,58)(H,61,62);4-6H2,1-3H3. The van der Waals surface area contributed by atoms with E-state index in [0.29, 0.717) is 35.6 Å². The lowest BCUT2D eigenvalue weighted by atomic mass is 9.90. The summed E-state index contributed by atoms with van der Waals surface area (Å²) in [5, 5.41) is 2.56. The molecule has 2 atom stereocenters. The van der Waals surface area contributed by atoms with E-state index < -0.39 is 52.0 Å². The number of allylic oxidation sites excluding steroid dienone is 2. The number of halogens is 2. The minimum atomic E-state index is -4.93. The number of fused-ring (bicyclic) bond motifs is 2. The minimum absolute atomic E-state index is 0. The predicted molar refractivity (Wildman–Crippen MR) is 297 cm³/mol. The average molecular weight is 1070 g/mol. The predicted octanol–water partition coefficient (Wildman–Crippen LogP) is 14.0. The molecule has 0 saturated carbocycles. The molecule has 0 saturated heterocycles. The topological polar surface area (TPSA) is 151 Å². The molecule has 2 unspecified atom stereocenters. The van der Waals surface area contributed by atoms with Gasteiger partial charge in [-0.1, -0.05) is 189 Å². The molecule has 1 amide bonds. The molecule has 1 aromatic rings. The molecular formula is C57H102BF2N4O9P. The maximum Gasteiger partial charge on any atom is 1.00 e.